The normalized spacial score (nSPS) is 11.1. The summed E-state index contributed by atoms with van der Waals surface area (Å²) >= 11 is 12.3. The monoisotopic (exact) mass is 291 g/mol. The van der Waals surface area contributed by atoms with Crippen LogP contribution in [0.1, 0.15) is 5.69 Å². The first-order chi connectivity index (χ1) is 9.20. The molecule has 3 nitrogen and oxygen atoms in total. The molecule has 0 saturated carbocycles. The molecule has 0 bridgehead atoms. The predicted molar refractivity (Wildman–Crippen MR) is 78.5 cm³/mol. The van der Waals surface area contributed by atoms with Gasteiger partial charge in [-0.15, -0.1) is 0 Å². The lowest BCUT2D eigenvalue weighted by Crippen LogP contribution is -2.02. The number of imidazole rings is 1. The summed E-state index contributed by atoms with van der Waals surface area (Å²) in [6.45, 7) is 0.378. The molecular weight excluding hydrogens is 281 g/mol. The van der Waals surface area contributed by atoms with E-state index in [0.717, 1.165) is 22.6 Å². The Bertz CT molecular complexity index is 750. The third-order valence-electron chi connectivity index (χ3n) is 3.01. The molecule has 0 spiro atoms. The average molecular weight is 292 g/mol. The summed E-state index contributed by atoms with van der Waals surface area (Å²) < 4.78 is 1.96. The van der Waals surface area contributed by atoms with Gasteiger partial charge >= 0.3 is 0 Å². The third-order valence-corrected chi connectivity index (χ3v) is 3.57. The predicted octanol–water partition coefficient (Wildman–Crippen LogP) is 3.77. The number of hydrogen-bond donors (Lipinski definition) is 1. The second-order valence-electron chi connectivity index (χ2n) is 4.16. The van der Waals surface area contributed by atoms with Crippen LogP contribution in [0, 0.1) is 0 Å². The number of nitrogens with zero attached hydrogens (tertiary/aromatic N) is 2. The Labute approximate surface area is 120 Å². The summed E-state index contributed by atoms with van der Waals surface area (Å²) in [5.41, 5.74) is 9.19. The van der Waals surface area contributed by atoms with Gasteiger partial charge in [-0.3, -0.25) is 0 Å². The van der Waals surface area contributed by atoms with E-state index in [4.69, 9.17) is 28.9 Å². The summed E-state index contributed by atoms with van der Waals surface area (Å²) in [5, 5.41) is 1.24. The number of hydrogen-bond acceptors (Lipinski definition) is 2. The molecule has 2 N–H and O–H groups in total. The molecule has 1 aromatic carbocycles. The first-order valence-corrected chi connectivity index (χ1v) is 6.58. The SMILES string of the molecule is NCc1c(-c2cc(Cl)ccc2Cl)nc2ccccn12. The van der Waals surface area contributed by atoms with Crippen LogP contribution in [0.25, 0.3) is 16.9 Å². The number of pyridine rings is 1. The van der Waals surface area contributed by atoms with Crippen LogP contribution in [0.2, 0.25) is 10.0 Å². The van der Waals surface area contributed by atoms with Gasteiger partial charge in [-0.05, 0) is 30.3 Å². The Kier molecular flexibility index (Phi) is 3.19. The smallest absolute Gasteiger partial charge is 0.137 e. The van der Waals surface area contributed by atoms with Gasteiger partial charge in [0.1, 0.15) is 5.65 Å². The van der Waals surface area contributed by atoms with Gasteiger partial charge < -0.3 is 10.1 Å². The highest BCUT2D eigenvalue weighted by Gasteiger charge is 2.15. The average Bonchev–Trinajstić information content (AvgIpc) is 2.79. The first-order valence-electron chi connectivity index (χ1n) is 5.82. The number of fused-ring (bicyclic) bond motifs is 1. The van der Waals surface area contributed by atoms with E-state index in [1.807, 2.05) is 34.9 Å². The molecule has 2 heterocycles. The summed E-state index contributed by atoms with van der Waals surface area (Å²) in [4.78, 5) is 4.60. The van der Waals surface area contributed by atoms with E-state index in [9.17, 15) is 0 Å². The zero-order valence-electron chi connectivity index (χ0n) is 9.98. The van der Waals surface area contributed by atoms with E-state index in [1.54, 1.807) is 12.1 Å². The summed E-state index contributed by atoms with van der Waals surface area (Å²) in [7, 11) is 0. The van der Waals surface area contributed by atoms with Crippen LogP contribution in [0.5, 0.6) is 0 Å². The fraction of sp³-hybridized carbons (Fsp3) is 0.0714. The standard InChI is InChI=1S/C14H11Cl2N3/c15-9-4-5-11(16)10(7-9)14-12(8-17)19-6-2-1-3-13(19)18-14/h1-7H,8,17H2. The lowest BCUT2D eigenvalue weighted by molar-refractivity contribution is 0.962. The van der Waals surface area contributed by atoms with Crippen molar-refractivity contribution in [3.8, 4) is 11.3 Å². The second kappa shape index (κ2) is 4.85. The minimum atomic E-state index is 0.378. The van der Waals surface area contributed by atoms with Gasteiger partial charge in [0.2, 0.25) is 0 Å². The van der Waals surface area contributed by atoms with Crippen LogP contribution in [0.15, 0.2) is 42.6 Å². The van der Waals surface area contributed by atoms with E-state index in [1.165, 1.54) is 0 Å². The first kappa shape index (κ1) is 12.5. The molecule has 19 heavy (non-hydrogen) atoms. The van der Waals surface area contributed by atoms with Crippen LogP contribution in [-0.4, -0.2) is 9.38 Å². The van der Waals surface area contributed by atoms with E-state index < -0.39 is 0 Å². The molecule has 96 valence electrons. The summed E-state index contributed by atoms with van der Waals surface area (Å²) in [5.74, 6) is 0. The van der Waals surface area contributed by atoms with Crippen molar-refractivity contribution in [2.45, 2.75) is 6.54 Å². The van der Waals surface area contributed by atoms with Crippen LogP contribution in [0.3, 0.4) is 0 Å². The van der Waals surface area contributed by atoms with Crippen molar-refractivity contribution in [3.63, 3.8) is 0 Å². The zero-order valence-corrected chi connectivity index (χ0v) is 11.5. The minimum absolute atomic E-state index is 0.378. The Morgan fingerprint density at radius 3 is 2.79 bits per heavy atom. The van der Waals surface area contributed by atoms with Gasteiger partial charge in [0.05, 0.1) is 16.4 Å². The van der Waals surface area contributed by atoms with Crippen LogP contribution in [-0.2, 0) is 6.54 Å². The molecule has 0 aliphatic heterocycles. The van der Waals surface area contributed by atoms with Crippen molar-refractivity contribution in [2.75, 3.05) is 0 Å². The van der Waals surface area contributed by atoms with E-state index >= 15 is 0 Å². The second-order valence-corrected chi connectivity index (χ2v) is 5.01. The van der Waals surface area contributed by atoms with Gasteiger partial charge in [0.25, 0.3) is 0 Å². The van der Waals surface area contributed by atoms with Gasteiger partial charge in [0, 0.05) is 23.3 Å². The molecule has 0 saturated heterocycles. The lowest BCUT2D eigenvalue weighted by Gasteiger charge is -2.05. The maximum Gasteiger partial charge on any atom is 0.137 e. The van der Waals surface area contributed by atoms with Gasteiger partial charge in [-0.1, -0.05) is 29.3 Å². The Balaban J connectivity index is 2.33. The highest BCUT2D eigenvalue weighted by molar-refractivity contribution is 6.35. The Hall–Kier alpha value is -1.55. The fourth-order valence-electron chi connectivity index (χ4n) is 2.14. The molecule has 0 fully saturated rings. The molecule has 5 heteroatoms. The number of rotatable bonds is 2. The van der Waals surface area contributed by atoms with Gasteiger partial charge in [-0.25, -0.2) is 4.98 Å². The van der Waals surface area contributed by atoms with E-state index in [0.29, 0.717) is 16.6 Å². The number of aromatic nitrogens is 2. The van der Waals surface area contributed by atoms with Crippen LogP contribution < -0.4 is 5.73 Å². The van der Waals surface area contributed by atoms with Gasteiger partial charge in [0.15, 0.2) is 0 Å². The van der Waals surface area contributed by atoms with Crippen molar-refractivity contribution in [1.82, 2.24) is 9.38 Å². The number of nitrogens with two attached hydrogens (primary N) is 1. The molecule has 0 aliphatic rings. The van der Waals surface area contributed by atoms with Crippen molar-refractivity contribution in [2.24, 2.45) is 5.73 Å². The number of halogens is 2. The van der Waals surface area contributed by atoms with E-state index in [2.05, 4.69) is 4.98 Å². The summed E-state index contributed by atoms with van der Waals surface area (Å²) in [6, 6.07) is 11.1. The zero-order chi connectivity index (χ0) is 13.4. The highest BCUT2D eigenvalue weighted by Crippen LogP contribution is 2.32. The molecule has 0 radical (unpaired) electrons. The fourth-order valence-corrected chi connectivity index (χ4v) is 2.52. The van der Waals surface area contributed by atoms with Crippen molar-refractivity contribution >= 4 is 28.8 Å². The molecule has 2 aromatic heterocycles. The number of benzene rings is 1. The topological polar surface area (TPSA) is 43.3 Å². The lowest BCUT2D eigenvalue weighted by atomic mass is 10.1. The van der Waals surface area contributed by atoms with Gasteiger partial charge in [-0.2, -0.15) is 0 Å². The molecule has 3 rings (SSSR count). The Morgan fingerprint density at radius 2 is 2.00 bits per heavy atom. The largest absolute Gasteiger partial charge is 0.325 e. The third kappa shape index (κ3) is 2.10. The molecular formula is C14H11Cl2N3. The molecule has 3 aromatic rings. The molecule has 0 amide bonds. The molecule has 0 atom stereocenters. The van der Waals surface area contributed by atoms with Crippen LogP contribution >= 0.6 is 23.2 Å². The van der Waals surface area contributed by atoms with Crippen LogP contribution in [0.4, 0.5) is 0 Å². The van der Waals surface area contributed by atoms with E-state index in [-0.39, 0.29) is 0 Å². The van der Waals surface area contributed by atoms with Crippen molar-refractivity contribution in [3.05, 3.63) is 58.3 Å². The quantitative estimate of drug-likeness (QED) is 0.781. The summed E-state index contributed by atoms with van der Waals surface area (Å²) in [6.07, 6.45) is 1.94. The molecule has 0 aliphatic carbocycles. The maximum atomic E-state index is 6.24. The highest BCUT2D eigenvalue weighted by atomic mass is 35.5. The van der Waals surface area contributed by atoms with Crippen molar-refractivity contribution in [1.29, 1.82) is 0 Å². The molecule has 0 unspecified atom stereocenters. The van der Waals surface area contributed by atoms with Crippen molar-refractivity contribution < 1.29 is 0 Å². The minimum Gasteiger partial charge on any atom is -0.325 e. The Morgan fingerprint density at radius 1 is 1.16 bits per heavy atom. The maximum absolute atomic E-state index is 6.24.